The van der Waals surface area contributed by atoms with Crippen LogP contribution in [0.15, 0.2) is 18.2 Å². The molecule has 0 fully saturated rings. The number of hydrogen-bond donors (Lipinski definition) is 1. The van der Waals surface area contributed by atoms with Crippen molar-refractivity contribution in [2.75, 3.05) is 27.2 Å². The number of ether oxygens (including phenoxy) is 1. The lowest BCUT2D eigenvalue weighted by molar-refractivity contribution is -0.143. The number of carbonyl (C=O) groups is 3. The number of methoxy groups -OCH3 is 1. The standard InChI is InChI=1S/C20H19ClFN3O5/c1-23-5-6-25-15-11(20(29)30-2)9-24(8-10-3-4-13(22)12(21)7-10)18(27)14(15)17(26)16(25)19(23)28/h3-4,7,11,26H,5-6,8-9H2,1-2H3. The molecule has 2 aromatic rings. The van der Waals surface area contributed by atoms with Gasteiger partial charge in [0.05, 0.1) is 17.8 Å². The van der Waals surface area contributed by atoms with Crippen LogP contribution in [0.5, 0.6) is 5.75 Å². The fraction of sp³-hybridized carbons (Fsp3) is 0.350. The number of nitrogens with zero attached hydrogens (tertiary/aromatic N) is 3. The summed E-state index contributed by atoms with van der Waals surface area (Å²) in [4.78, 5) is 41.2. The molecule has 1 atom stereocenters. The Morgan fingerprint density at radius 2 is 2.03 bits per heavy atom. The van der Waals surface area contributed by atoms with Gasteiger partial charge >= 0.3 is 5.97 Å². The van der Waals surface area contributed by atoms with E-state index in [2.05, 4.69) is 0 Å². The third-order valence-electron chi connectivity index (χ3n) is 5.56. The molecule has 4 rings (SSSR count). The van der Waals surface area contributed by atoms with Crippen molar-refractivity contribution in [3.05, 3.63) is 51.6 Å². The van der Waals surface area contributed by atoms with Crippen molar-refractivity contribution in [2.45, 2.75) is 19.0 Å². The van der Waals surface area contributed by atoms with E-state index in [1.807, 2.05) is 0 Å². The van der Waals surface area contributed by atoms with Crippen molar-refractivity contribution in [1.82, 2.24) is 14.4 Å². The number of amides is 2. The third kappa shape index (κ3) is 3.00. The van der Waals surface area contributed by atoms with Gasteiger partial charge in [0.15, 0.2) is 11.4 Å². The Kier molecular flexibility index (Phi) is 4.93. The van der Waals surface area contributed by atoms with E-state index in [1.165, 1.54) is 35.1 Å². The fourth-order valence-electron chi connectivity index (χ4n) is 4.05. The number of aromatic hydroxyl groups is 1. The average Bonchev–Trinajstić information content (AvgIpc) is 3.02. The molecule has 0 saturated carbocycles. The largest absolute Gasteiger partial charge is 0.505 e. The van der Waals surface area contributed by atoms with Crippen LogP contribution in [-0.2, 0) is 22.6 Å². The molecular formula is C20H19ClFN3O5. The summed E-state index contributed by atoms with van der Waals surface area (Å²) in [5.74, 6) is -3.45. The van der Waals surface area contributed by atoms with Crippen LogP contribution in [0, 0.1) is 5.82 Å². The van der Waals surface area contributed by atoms with Gasteiger partial charge in [-0.1, -0.05) is 17.7 Å². The van der Waals surface area contributed by atoms with Gasteiger partial charge in [0, 0.05) is 33.2 Å². The number of esters is 1. The van der Waals surface area contributed by atoms with Crippen LogP contribution in [0.1, 0.15) is 38.0 Å². The fourth-order valence-corrected chi connectivity index (χ4v) is 4.25. The molecule has 0 saturated heterocycles. The summed E-state index contributed by atoms with van der Waals surface area (Å²) in [5, 5.41) is 10.7. The number of fused-ring (bicyclic) bond motifs is 3. The molecule has 0 spiro atoms. The number of halogens is 2. The van der Waals surface area contributed by atoms with E-state index in [0.717, 1.165) is 0 Å². The highest BCUT2D eigenvalue weighted by molar-refractivity contribution is 6.30. The first-order chi connectivity index (χ1) is 14.2. The molecule has 0 bridgehead atoms. The number of carbonyl (C=O) groups excluding carboxylic acids is 3. The number of benzene rings is 1. The van der Waals surface area contributed by atoms with Crippen molar-refractivity contribution in [3.8, 4) is 5.75 Å². The zero-order valence-corrected chi connectivity index (χ0v) is 17.1. The minimum atomic E-state index is -0.880. The number of likely N-dealkylation sites (N-methyl/N-ethyl adjacent to an activating group) is 1. The molecule has 1 aromatic carbocycles. The molecule has 10 heteroatoms. The van der Waals surface area contributed by atoms with E-state index in [1.54, 1.807) is 11.6 Å². The van der Waals surface area contributed by atoms with Gasteiger partial charge in [-0.3, -0.25) is 14.4 Å². The Bertz CT molecular complexity index is 1080. The van der Waals surface area contributed by atoms with Crippen LogP contribution < -0.4 is 0 Å². The summed E-state index contributed by atoms with van der Waals surface area (Å²) in [7, 11) is 2.84. The predicted molar refractivity (Wildman–Crippen MR) is 104 cm³/mol. The highest BCUT2D eigenvalue weighted by Gasteiger charge is 2.45. The van der Waals surface area contributed by atoms with E-state index < -0.39 is 35.3 Å². The van der Waals surface area contributed by atoms with Gasteiger partial charge < -0.3 is 24.2 Å². The van der Waals surface area contributed by atoms with Crippen LogP contribution in [0.25, 0.3) is 0 Å². The summed E-state index contributed by atoms with van der Waals surface area (Å²) in [6, 6.07) is 4.08. The summed E-state index contributed by atoms with van der Waals surface area (Å²) < 4.78 is 19.9. The highest BCUT2D eigenvalue weighted by atomic mass is 35.5. The van der Waals surface area contributed by atoms with Crippen LogP contribution in [-0.4, -0.2) is 64.5 Å². The lowest BCUT2D eigenvalue weighted by atomic mass is 9.94. The molecule has 3 heterocycles. The van der Waals surface area contributed by atoms with Crippen LogP contribution >= 0.6 is 11.6 Å². The lowest BCUT2D eigenvalue weighted by Crippen LogP contribution is -2.43. The van der Waals surface area contributed by atoms with E-state index in [-0.39, 0.29) is 35.1 Å². The Morgan fingerprint density at radius 1 is 1.30 bits per heavy atom. The van der Waals surface area contributed by atoms with E-state index in [0.29, 0.717) is 18.7 Å². The zero-order valence-electron chi connectivity index (χ0n) is 16.3. The molecule has 158 valence electrons. The van der Waals surface area contributed by atoms with Crippen LogP contribution in [0.3, 0.4) is 0 Å². The molecule has 0 aliphatic carbocycles. The average molecular weight is 436 g/mol. The van der Waals surface area contributed by atoms with Gasteiger partial charge in [0.1, 0.15) is 17.3 Å². The van der Waals surface area contributed by atoms with Crippen molar-refractivity contribution in [2.24, 2.45) is 0 Å². The van der Waals surface area contributed by atoms with Gasteiger partial charge in [-0.15, -0.1) is 0 Å². The number of hydrogen-bond acceptors (Lipinski definition) is 5. The Labute approximate surface area is 176 Å². The van der Waals surface area contributed by atoms with Crippen molar-refractivity contribution in [3.63, 3.8) is 0 Å². The van der Waals surface area contributed by atoms with Crippen LogP contribution in [0.4, 0.5) is 4.39 Å². The first kappa shape index (κ1) is 20.2. The smallest absolute Gasteiger partial charge is 0.316 e. The Morgan fingerprint density at radius 3 is 2.70 bits per heavy atom. The quantitative estimate of drug-likeness (QED) is 0.744. The van der Waals surface area contributed by atoms with E-state index in [4.69, 9.17) is 16.3 Å². The zero-order chi connectivity index (χ0) is 21.7. The first-order valence-corrected chi connectivity index (χ1v) is 9.64. The second-order valence-corrected chi connectivity index (χ2v) is 7.75. The first-order valence-electron chi connectivity index (χ1n) is 9.26. The molecule has 8 nitrogen and oxygen atoms in total. The molecule has 30 heavy (non-hydrogen) atoms. The topological polar surface area (TPSA) is 92.1 Å². The molecule has 2 aliphatic heterocycles. The third-order valence-corrected chi connectivity index (χ3v) is 5.85. The summed E-state index contributed by atoms with van der Waals surface area (Å²) in [6.45, 7) is 0.751. The Hall–Kier alpha value is -3.07. The van der Waals surface area contributed by atoms with Gasteiger partial charge in [0.25, 0.3) is 11.8 Å². The minimum Gasteiger partial charge on any atom is -0.505 e. The highest BCUT2D eigenvalue weighted by Crippen LogP contribution is 2.41. The molecule has 1 N–H and O–H groups in total. The summed E-state index contributed by atoms with van der Waals surface area (Å²) in [5.41, 5.74) is 0.751. The molecule has 1 aromatic heterocycles. The maximum absolute atomic E-state index is 13.5. The van der Waals surface area contributed by atoms with Crippen molar-refractivity contribution < 1.29 is 28.6 Å². The van der Waals surface area contributed by atoms with Gasteiger partial charge in [-0.25, -0.2) is 4.39 Å². The van der Waals surface area contributed by atoms with E-state index in [9.17, 15) is 23.9 Å². The van der Waals surface area contributed by atoms with Crippen molar-refractivity contribution >= 4 is 29.4 Å². The maximum atomic E-state index is 13.5. The molecule has 2 amide bonds. The molecule has 0 radical (unpaired) electrons. The second-order valence-electron chi connectivity index (χ2n) is 7.35. The number of aromatic nitrogens is 1. The minimum absolute atomic E-state index is 0.0114. The van der Waals surface area contributed by atoms with Gasteiger partial charge in [-0.2, -0.15) is 0 Å². The van der Waals surface area contributed by atoms with Crippen LogP contribution in [0.2, 0.25) is 5.02 Å². The maximum Gasteiger partial charge on any atom is 0.316 e. The summed E-state index contributed by atoms with van der Waals surface area (Å²) >= 11 is 5.84. The SMILES string of the molecule is COC(=O)C1CN(Cc2ccc(F)c(Cl)c2)C(=O)c2c(O)c3n(c21)CCN(C)C3=O. The van der Waals surface area contributed by atoms with E-state index >= 15 is 0 Å². The number of rotatable bonds is 3. The molecule has 1 unspecified atom stereocenters. The molecular weight excluding hydrogens is 417 g/mol. The van der Waals surface area contributed by atoms with Gasteiger partial charge in [0.2, 0.25) is 0 Å². The molecule has 2 aliphatic rings. The Balaban J connectivity index is 1.81. The second kappa shape index (κ2) is 7.32. The monoisotopic (exact) mass is 435 g/mol. The summed E-state index contributed by atoms with van der Waals surface area (Å²) in [6.07, 6.45) is 0. The predicted octanol–water partition coefficient (Wildman–Crippen LogP) is 1.98. The lowest BCUT2D eigenvalue weighted by Gasteiger charge is -2.33. The van der Waals surface area contributed by atoms with Gasteiger partial charge in [-0.05, 0) is 17.7 Å². The van der Waals surface area contributed by atoms with Crippen molar-refractivity contribution in [1.29, 1.82) is 0 Å². The normalized spacial score (nSPS) is 18.3.